The van der Waals surface area contributed by atoms with E-state index in [4.69, 9.17) is 11.6 Å². The van der Waals surface area contributed by atoms with E-state index in [2.05, 4.69) is 4.90 Å². The Hall–Kier alpha value is -0.810. The fourth-order valence-corrected chi connectivity index (χ4v) is 3.64. The minimum Gasteiger partial charge on any atom is -0.342 e. The quantitative estimate of drug-likeness (QED) is 0.735. The number of rotatable bonds is 3. The van der Waals surface area contributed by atoms with Crippen LogP contribution in [0.25, 0.3) is 0 Å². The Morgan fingerprint density at radius 1 is 1.09 bits per heavy atom. The van der Waals surface area contributed by atoms with Gasteiger partial charge in [-0.05, 0) is 38.6 Å². The minimum absolute atomic E-state index is 0.0602. The first-order valence-corrected chi connectivity index (χ1v) is 8.81. The van der Waals surface area contributed by atoms with Gasteiger partial charge < -0.3 is 14.7 Å². The lowest BCUT2D eigenvalue weighted by molar-refractivity contribution is -0.132. The van der Waals surface area contributed by atoms with Crippen molar-refractivity contribution in [1.29, 1.82) is 0 Å². The van der Waals surface area contributed by atoms with Gasteiger partial charge in [0.05, 0.1) is 0 Å². The van der Waals surface area contributed by atoms with E-state index in [1.807, 2.05) is 9.80 Å². The summed E-state index contributed by atoms with van der Waals surface area (Å²) in [4.78, 5) is 29.8. The summed E-state index contributed by atoms with van der Waals surface area (Å²) in [7, 11) is 0. The van der Waals surface area contributed by atoms with E-state index in [9.17, 15) is 9.59 Å². The van der Waals surface area contributed by atoms with Gasteiger partial charge in [0, 0.05) is 46.2 Å². The Bertz CT molecular complexity index is 403. The van der Waals surface area contributed by atoms with Crippen molar-refractivity contribution in [3.8, 4) is 0 Å². The lowest BCUT2D eigenvalue weighted by Crippen LogP contribution is -2.46. The Labute approximate surface area is 138 Å². The molecule has 2 unspecified atom stereocenters. The van der Waals surface area contributed by atoms with Crippen molar-refractivity contribution in [2.75, 3.05) is 45.8 Å². The molecule has 0 N–H and O–H groups in total. The summed E-state index contributed by atoms with van der Waals surface area (Å²) >= 11 is 5.93. The fraction of sp³-hybridized carbons (Fsp3) is 0.875. The van der Waals surface area contributed by atoms with Gasteiger partial charge in [-0.25, -0.2) is 0 Å². The molecule has 22 heavy (non-hydrogen) atoms. The predicted octanol–water partition coefficient (Wildman–Crippen LogP) is 1.41. The van der Waals surface area contributed by atoms with Crippen LogP contribution >= 0.6 is 11.6 Å². The van der Waals surface area contributed by atoms with E-state index >= 15 is 0 Å². The number of alkyl halides is 1. The maximum atomic E-state index is 12.0. The molecule has 2 heterocycles. The first-order chi connectivity index (χ1) is 10.5. The Morgan fingerprint density at radius 3 is 2.50 bits per heavy atom. The van der Waals surface area contributed by atoms with E-state index in [0.717, 1.165) is 58.7 Å². The first kappa shape index (κ1) is 17.5. The topological polar surface area (TPSA) is 43.9 Å². The smallest absolute Gasteiger partial charge is 0.240 e. The van der Waals surface area contributed by atoms with Crippen LogP contribution in [0.15, 0.2) is 0 Å². The Morgan fingerprint density at radius 2 is 1.82 bits per heavy atom. The molecule has 2 aliphatic rings. The molecule has 0 saturated carbocycles. The predicted molar refractivity (Wildman–Crippen MR) is 87.9 cm³/mol. The molecule has 0 bridgehead atoms. The molecule has 126 valence electrons. The minimum atomic E-state index is -0.430. The van der Waals surface area contributed by atoms with Crippen LogP contribution in [-0.4, -0.2) is 77.7 Å². The van der Waals surface area contributed by atoms with Crippen LogP contribution < -0.4 is 0 Å². The van der Waals surface area contributed by atoms with Crippen LogP contribution in [0.4, 0.5) is 0 Å². The molecule has 2 fully saturated rings. The molecule has 2 amide bonds. The molecule has 2 saturated heterocycles. The van der Waals surface area contributed by atoms with E-state index in [-0.39, 0.29) is 11.8 Å². The van der Waals surface area contributed by atoms with Crippen molar-refractivity contribution >= 4 is 23.4 Å². The Balaban J connectivity index is 1.82. The fourth-order valence-electron chi connectivity index (χ4n) is 3.50. The zero-order valence-corrected chi connectivity index (χ0v) is 14.5. The number of likely N-dealkylation sites (tertiary alicyclic amines) is 1. The summed E-state index contributed by atoms with van der Waals surface area (Å²) in [6.07, 6.45) is 3.27. The zero-order valence-electron chi connectivity index (χ0n) is 13.8. The number of hydrogen-bond acceptors (Lipinski definition) is 3. The van der Waals surface area contributed by atoms with Crippen LogP contribution in [0.3, 0.4) is 0 Å². The molecular formula is C16H28ClN3O2. The van der Waals surface area contributed by atoms with Gasteiger partial charge in [-0.2, -0.15) is 0 Å². The molecular weight excluding hydrogens is 302 g/mol. The second-order valence-corrected chi connectivity index (χ2v) is 7.22. The number of halogens is 1. The summed E-state index contributed by atoms with van der Waals surface area (Å²) in [5.74, 6) is 0.759. The highest BCUT2D eigenvalue weighted by Gasteiger charge is 2.27. The van der Waals surface area contributed by atoms with Crippen LogP contribution in [0, 0.1) is 5.92 Å². The second-order valence-electron chi connectivity index (χ2n) is 6.57. The maximum absolute atomic E-state index is 12.0. The zero-order chi connectivity index (χ0) is 16.1. The monoisotopic (exact) mass is 329 g/mol. The molecule has 0 aromatic carbocycles. The second kappa shape index (κ2) is 8.16. The number of hydrogen-bond donors (Lipinski definition) is 0. The maximum Gasteiger partial charge on any atom is 0.240 e. The van der Waals surface area contributed by atoms with E-state index < -0.39 is 5.38 Å². The van der Waals surface area contributed by atoms with Gasteiger partial charge in [0.2, 0.25) is 11.8 Å². The normalized spacial score (nSPS) is 25.7. The van der Waals surface area contributed by atoms with Gasteiger partial charge in [-0.15, -0.1) is 11.6 Å². The summed E-state index contributed by atoms with van der Waals surface area (Å²) in [5, 5.41) is -0.430. The first-order valence-electron chi connectivity index (χ1n) is 8.38. The Kier molecular flexibility index (Phi) is 6.50. The van der Waals surface area contributed by atoms with Crippen molar-refractivity contribution in [1.82, 2.24) is 14.7 Å². The summed E-state index contributed by atoms with van der Waals surface area (Å²) in [6, 6.07) is 0. The van der Waals surface area contributed by atoms with Gasteiger partial charge in [-0.3, -0.25) is 9.59 Å². The van der Waals surface area contributed by atoms with Gasteiger partial charge in [0.1, 0.15) is 5.38 Å². The van der Waals surface area contributed by atoms with Crippen molar-refractivity contribution in [2.24, 2.45) is 5.92 Å². The third kappa shape index (κ3) is 4.85. The average molecular weight is 330 g/mol. The lowest BCUT2D eigenvalue weighted by atomic mass is 9.97. The molecule has 0 aliphatic carbocycles. The molecule has 6 heteroatoms. The largest absolute Gasteiger partial charge is 0.342 e. The summed E-state index contributed by atoms with van der Waals surface area (Å²) < 4.78 is 0. The molecule has 0 radical (unpaired) electrons. The molecule has 5 nitrogen and oxygen atoms in total. The summed E-state index contributed by atoms with van der Waals surface area (Å²) in [5.41, 5.74) is 0. The summed E-state index contributed by atoms with van der Waals surface area (Å²) in [6.45, 7) is 9.75. The van der Waals surface area contributed by atoms with E-state index in [1.165, 1.54) is 6.42 Å². The number of carbonyl (C=O) groups is 2. The van der Waals surface area contributed by atoms with Crippen LogP contribution in [-0.2, 0) is 9.59 Å². The molecule has 0 aromatic heterocycles. The molecule has 0 aromatic rings. The SMILES string of the molecule is CC(=O)N1CCCN(CC2CCCN(C(=O)C(C)Cl)C2)CC1. The van der Waals surface area contributed by atoms with Crippen LogP contribution in [0.2, 0.25) is 0 Å². The third-order valence-corrected chi connectivity index (χ3v) is 4.91. The third-order valence-electron chi connectivity index (χ3n) is 4.72. The number of amides is 2. The molecule has 2 rings (SSSR count). The van der Waals surface area contributed by atoms with Crippen molar-refractivity contribution in [3.05, 3.63) is 0 Å². The molecule has 2 atom stereocenters. The van der Waals surface area contributed by atoms with Crippen LogP contribution in [0.1, 0.15) is 33.1 Å². The highest BCUT2D eigenvalue weighted by molar-refractivity contribution is 6.30. The lowest BCUT2D eigenvalue weighted by Gasteiger charge is -2.36. The number of piperidine rings is 1. The average Bonchev–Trinajstić information content (AvgIpc) is 2.72. The van der Waals surface area contributed by atoms with Crippen LogP contribution in [0.5, 0.6) is 0 Å². The molecule has 2 aliphatic heterocycles. The van der Waals surface area contributed by atoms with Crippen molar-refractivity contribution in [2.45, 2.75) is 38.5 Å². The van der Waals surface area contributed by atoms with E-state index in [0.29, 0.717) is 5.92 Å². The highest BCUT2D eigenvalue weighted by atomic mass is 35.5. The van der Waals surface area contributed by atoms with Crippen molar-refractivity contribution < 1.29 is 9.59 Å². The van der Waals surface area contributed by atoms with Gasteiger partial charge in [0.25, 0.3) is 0 Å². The van der Waals surface area contributed by atoms with Gasteiger partial charge >= 0.3 is 0 Å². The highest BCUT2D eigenvalue weighted by Crippen LogP contribution is 2.20. The number of carbonyl (C=O) groups excluding carboxylic acids is 2. The number of nitrogens with zero attached hydrogens (tertiary/aromatic N) is 3. The van der Waals surface area contributed by atoms with Gasteiger partial charge in [-0.1, -0.05) is 0 Å². The standard InChI is InChI=1S/C16H28ClN3O2/c1-13(17)16(22)20-7-3-5-15(12-20)11-18-6-4-8-19(10-9-18)14(2)21/h13,15H,3-12H2,1-2H3. The van der Waals surface area contributed by atoms with E-state index in [1.54, 1.807) is 13.8 Å². The van der Waals surface area contributed by atoms with Crippen molar-refractivity contribution in [3.63, 3.8) is 0 Å². The van der Waals surface area contributed by atoms with Gasteiger partial charge in [0.15, 0.2) is 0 Å². The molecule has 0 spiro atoms.